The van der Waals surface area contributed by atoms with E-state index >= 15 is 0 Å². The third-order valence-electron chi connectivity index (χ3n) is 4.45. The van der Waals surface area contributed by atoms with Crippen LogP contribution in [0.1, 0.15) is 32.2 Å². The summed E-state index contributed by atoms with van der Waals surface area (Å²) in [6.07, 6.45) is 1.31. The summed E-state index contributed by atoms with van der Waals surface area (Å²) >= 11 is 5.92. The Balaban J connectivity index is 1.85. The highest BCUT2D eigenvalue weighted by Gasteiger charge is 2.26. The molecule has 0 radical (unpaired) electrons. The van der Waals surface area contributed by atoms with Crippen molar-refractivity contribution < 1.29 is 23.3 Å². The second-order valence-corrected chi connectivity index (χ2v) is 6.67. The molecule has 0 atom stereocenters. The number of rotatable bonds is 5. The Morgan fingerprint density at radius 1 is 1.14 bits per heavy atom. The molecule has 8 heteroatoms. The highest BCUT2D eigenvalue weighted by Crippen LogP contribution is 2.37. The summed E-state index contributed by atoms with van der Waals surface area (Å²) in [5.41, 5.74) is 1.21. The number of hydrogen-bond acceptors (Lipinski definition) is 6. The van der Waals surface area contributed by atoms with Gasteiger partial charge in [0.25, 0.3) is 5.91 Å². The predicted molar refractivity (Wildman–Crippen MR) is 107 cm³/mol. The molecule has 29 heavy (non-hydrogen) atoms. The number of ketones is 1. The van der Waals surface area contributed by atoms with Gasteiger partial charge in [0.15, 0.2) is 17.1 Å². The molecule has 0 spiro atoms. The highest BCUT2D eigenvalue weighted by molar-refractivity contribution is 6.30. The Hall–Kier alpha value is -3.58. The lowest BCUT2D eigenvalue weighted by Crippen LogP contribution is -2.14. The molecular formula is C21H15ClN2O5. The molecule has 0 aliphatic carbocycles. The number of amides is 1. The van der Waals surface area contributed by atoms with Crippen LogP contribution in [-0.2, 0) is 0 Å². The first kappa shape index (κ1) is 18.8. The summed E-state index contributed by atoms with van der Waals surface area (Å²) in [5, 5.41) is 7.41. The molecule has 1 N–H and O–H groups in total. The zero-order valence-corrected chi connectivity index (χ0v) is 16.2. The molecule has 2 aromatic carbocycles. The van der Waals surface area contributed by atoms with E-state index < -0.39 is 11.7 Å². The molecule has 146 valence electrons. The normalized spacial score (nSPS) is 10.9. The fourth-order valence-corrected chi connectivity index (χ4v) is 3.09. The quantitative estimate of drug-likeness (QED) is 0.471. The van der Waals surface area contributed by atoms with Crippen LogP contribution in [0.25, 0.3) is 11.0 Å². The zero-order valence-electron chi connectivity index (χ0n) is 15.5. The Labute approximate surface area is 170 Å². The first-order valence-corrected chi connectivity index (χ1v) is 8.99. The van der Waals surface area contributed by atoms with Gasteiger partial charge in [-0.05, 0) is 43.3 Å². The molecule has 2 aromatic heterocycles. The molecule has 7 nitrogen and oxygen atoms in total. The SMILES string of the molecule is COc1cccc2c(NC(=O)c3cnoc3C)c(C(=O)c3ccc(Cl)cc3)oc12. The van der Waals surface area contributed by atoms with E-state index in [0.717, 1.165) is 0 Å². The van der Waals surface area contributed by atoms with E-state index in [1.54, 1.807) is 49.4 Å². The molecule has 0 bridgehead atoms. The maximum Gasteiger partial charge on any atom is 0.261 e. The van der Waals surface area contributed by atoms with Gasteiger partial charge in [-0.15, -0.1) is 0 Å². The average molecular weight is 411 g/mol. The Morgan fingerprint density at radius 2 is 1.90 bits per heavy atom. The van der Waals surface area contributed by atoms with Crippen LogP contribution in [-0.4, -0.2) is 24.0 Å². The van der Waals surface area contributed by atoms with Crippen molar-refractivity contribution in [3.63, 3.8) is 0 Å². The van der Waals surface area contributed by atoms with Gasteiger partial charge in [0, 0.05) is 16.0 Å². The van der Waals surface area contributed by atoms with Crippen molar-refractivity contribution in [2.75, 3.05) is 12.4 Å². The highest BCUT2D eigenvalue weighted by atomic mass is 35.5. The van der Waals surface area contributed by atoms with E-state index in [9.17, 15) is 9.59 Å². The minimum absolute atomic E-state index is 0.0192. The van der Waals surface area contributed by atoms with Gasteiger partial charge in [-0.25, -0.2) is 0 Å². The third kappa shape index (κ3) is 3.36. The fourth-order valence-electron chi connectivity index (χ4n) is 2.97. The number of aromatic nitrogens is 1. The summed E-state index contributed by atoms with van der Waals surface area (Å²) in [7, 11) is 1.50. The van der Waals surface area contributed by atoms with Gasteiger partial charge in [-0.1, -0.05) is 22.8 Å². The van der Waals surface area contributed by atoms with Crippen molar-refractivity contribution >= 4 is 39.9 Å². The van der Waals surface area contributed by atoms with Crippen molar-refractivity contribution in [1.29, 1.82) is 0 Å². The van der Waals surface area contributed by atoms with Crippen molar-refractivity contribution in [1.82, 2.24) is 5.16 Å². The molecular weight excluding hydrogens is 396 g/mol. The number of anilines is 1. The Kier molecular flexibility index (Phi) is 4.82. The number of ether oxygens (including phenoxy) is 1. The van der Waals surface area contributed by atoms with Crippen LogP contribution in [0.4, 0.5) is 5.69 Å². The minimum Gasteiger partial charge on any atom is -0.493 e. The van der Waals surface area contributed by atoms with Crippen LogP contribution >= 0.6 is 11.6 Å². The van der Waals surface area contributed by atoms with E-state index in [4.69, 9.17) is 25.3 Å². The van der Waals surface area contributed by atoms with Gasteiger partial charge in [0.2, 0.25) is 5.78 Å². The van der Waals surface area contributed by atoms with E-state index in [0.29, 0.717) is 33.1 Å². The molecule has 0 fully saturated rings. The smallest absolute Gasteiger partial charge is 0.261 e. The minimum atomic E-state index is -0.473. The maximum atomic E-state index is 13.1. The van der Waals surface area contributed by atoms with E-state index in [1.165, 1.54) is 13.3 Å². The number of nitrogens with zero attached hydrogens (tertiary/aromatic N) is 1. The first-order valence-electron chi connectivity index (χ1n) is 8.62. The lowest BCUT2D eigenvalue weighted by atomic mass is 10.1. The lowest BCUT2D eigenvalue weighted by molar-refractivity contribution is 0.101. The summed E-state index contributed by atoms with van der Waals surface area (Å²) in [6, 6.07) is 11.6. The van der Waals surface area contributed by atoms with Crippen LogP contribution in [0.15, 0.2) is 57.6 Å². The van der Waals surface area contributed by atoms with Crippen molar-refractivity contribution in [3.05, 3.63) is 76.3 Å². The average Bonchev–Trinajstić information content (AvgIpc) is 3.31. The van der Waals surface area contributed by atoms with Gasteiger partial charge in [-0.3, -0.25) is 9.59 Å². The lowest BCUT2D eigenvalue weighted by Gasteiger charge is -2.05. The molecule has 4 rings (SSSR count). The molecule has 4 aromatic rings. The first-order chi connectivity index (χ1) is 14.0. The monoisotopic (exact) mass is 410 g/mol. The number of para-hydroxylation sites is 1. The largest absolute Gasteiger partial charge is 0.493 e. The number of furan rings is 1. The zero-order chi connectivity index (χ0) is 20.5. The maximum absolute atomic E-state index is 13.1. The second kappa shape index (κ2) is 7.44. The summed E-state index contributed by atoms with van der Waals surface area (Å²) < 4.78 is 16.1. The van der Waals surface area contributed by atoms with Crippen LogP contribution < -0.4 is 10.1 Å². The van der Waals surface area contributed by atoms with E-state index in [2.05, 4.69) is 10.5 Å². The second-order valence-electron chi connectivity index (χ2n) is 6.23. The number of hydrogen-bond donors (Lipinski definition) is 1. The van der Waals surface area contributed by atoms with Crippen molar-refractivity contribution in [2.24, 2.45) is 0 Å². The van der Waals surface area contributed by atoms with Crippen LogP contribution in [0.5, 0.6) is 5.75 Å². The van der Waals surface area contributed by atoms with Gasteiger partial charge >= 0.3 is 0 Å². The van der Waals surface area contributed by atoms with Gasteiger partial charge in [0.1, 0.15) is 11.3 Å². The van der Waals surface area contributed by atoms with Crippen LogP contribution in [0, 0.1) is 6.92 Å². The van der Waals surface area contributed by atoms with Gasteiger partial charge < -0.3 is 19.0 Å². The fraction of sp³-hybridized carbons (Fsp3) is 0.0952. The summed E-state index contributed by atoms with van der Waals surface area (Å²) in [4.78, 5) is 25.9. The molecule has 0 saturated carbocycles. The number of nitrogens with one attached hydrogen (secondary N) is 1. The molecule has 0 saturated heterocycles. The molecule has 0 unspecified atom stereocenters. The molecule has 0 aliphatic heterocycles. The number of carbonyl (C=O) groups excluding carboxylic acids is 2. The number of halogens is 1. The topological polar surface area (TPSA) is 94.6 Å². The number of aryl methyl sites for hydroxylation is 1. The number of benzene rings is 2. The summed E-state index contributed by atoms with van der Waals surface area (Å²) in [6.45, 7) is 1.62. The number of methoxy groups -OCH3 is 1. The third-order valence-corrected chi connectivity index (χ3v) is 4.70. The van der Waals surface area contributed by atoms with Crippen molar-refractivity contribution in [2.45, 2.75) is 6.92 Å². The predicted octanol–water partition coefficient (Wildman–Crippen LogP) is 4.87. The van der Waals surface area contributed by atoms with Gasteiger partial charge in [0.05, 0.1) is 19.0 Å². The van der Waals surface area contributed by atoms with E-state index in [1.807, 2.05) is 0 Å². The standard InChI is InChI=1S/C21H15ClN2O5/c1-11-15(10-23-29-11)21(26)24-17-14-4-3-5-16(27-2)19(14)28-20(17)18(25)12-6-8-13(22)9-7-12/h3-10H,1-2H3,(H,24,26). The van der Waals surface area contributed by atoms with Crippen molar-refractivity contribution in [3.8, 4) is 5.75 Å². The van der Waals surface area contributed by atoms with Crippen LogP contribution in [0.3, 0.4) is 0 Å². The Morgan fingerprint density at radius 3 is 2.55 bits per heavy atom. The van der Waals surface area contributed by atoms with Gasteiger partial charge in [-0.2, -0.15) is 0 Å². The van der Waals surface area contributed by atoms with E-state index in [-0.39, 0.29) is 17.0 Å². The molecule has 2 heterocycles. The number of carbonyl (C=O) groups is 2. The molecule has 1 amide bonds. The summed E-state index contributed by atoms with van der Waals surface area (Å²) in [5.74, 6) is -0.0984. The molecule has 0 aliphatic rings. The number of fused-ring (bicyclic) bond motifs is 1. The van der Waals surface area contributed by atoms with Crippen LogP contribution in [0.2, 0.25) is 5.02 Å². The Bertz CT molecular complexity index is 1220.